The van der Waals surface area contributed by atoms with Crippen LogP contribution in [-0.4, -0.2) is 41.3 Å². The highest BCUT2D eigenvalue weighted by atomic mass is 16.6. The molecule has 6 aromatic rings. The zero-order valence-electron chi connectivity index (χ0n) is 23.2. The van der Waals surface area contributed by atoms with Crippen LogP contribution in [0.15, 0.2) is 78.9 Å². The van der Waals surface area contributed by atoms with Gasteiger partial charge in [0.15, 0.2) is 5.72 Å². The molecule has 0 radical (unpaired) electrons. The van der Waals surface area contributed by atoms with Gasteiger partial charge in [0.1, 0.15) is 12.3 Å². The van der Waals surface area contributed by atoms with E-state index >= 15 is 0 Å². The number of nitrogens with one attached hydrogen (secondary N) is 1. The Morgan fingerprint density at radius 2 is 1.61 bits per heavy atom. The molecule has 1 amide bonds. The van der Waals surface area contributed by atoms with Gasteiger partial charge in [-0.05, 0) is 36.8 Å². The molecule has 41 heavy (non-hydrogen) atoms. The minimum atomic E-state index is -0.829. The number of fused-ring (bicyclic) bond motifs is 13. The van der Waals surface area contributed by atoms with Crippen molar-refractivity contribution < 1.29 is 14.3 Å². The Hall–Kier alpha value is -4.33. The van der Waals surface area contributed by atoms with E-state index in [1.807, 2.05) is 6.07 Å². The van der Waals surface area contributed by atoms with Gasteiger partial charge in [0.2, 0.25) is 0 Å². The molecular formula is C34H30N4O3. The third-order valence-corrected chi connectivity index (χ3v) is 9.86. The lowest BCUT2D eigenvalue weighted by Gasteiger charge is -2.51. The van der Waals surface area contributed by atoms with Gasteiger partial charge >= 0.3 is 0 Å². The first-order valence-corrected chi connectivity index (χ1v) is 14.3. The summed E-state index contributed by atoms with van der Waals surface area (Å²) < 4.78 is 18.5. The first-order chi connectivity index (χ1) is 20.0. The molecule has 4 aromatic carbocycles. The second-order valence-electron chi connectivity index (χ2n) is 11.8. The number of benzene rings is 4. The van der Waals surface area contributed by atoms with Crippen LogP contribution in [0.4, 0.5) is 5.69 Å². The van der Waals surface area contributed by atoms with Crippen LogP contribution in [0, 0.1) is 0 Å². The summed E-state index contributed by atoms with van der Waals surface area (Å²) in [5.74, 6) is -0.00237. The Balaban J connectivity index is 1.48. The SMILES string of the molecule is CO[C@@H]1[C@H](N(C)c2ccccc2)C[C@H]2O[C@]1(C)n1c3ccccc3c3c4c(c5c6ccccc6n2c5c31)C(=O)NC4. The normalized spacial score (nSPS) is 24.9. The second kappa shape index (κ2) is 7.90. The number of anilines is 1. The van der Waals surface area contributed by atoms with E-state index in [0.29, 0.717) is 6.54 Å². The Kier molecular flexibility index (Phi) is 4.51. The lowest BCUT2D eigenvalue weighted by atomic mass is 9.91. The molecule has 0 saturated carbocycles. The van der Waals surface area contributed by atoms with Gasteiger partial charge in [-0.15, -0.1) is 0 Å². The van der Waals surface area contributed by atoms with Crippen LogP contribution < -0.4 is 10.2 Å². The van der Waals surface area contributed by atoms with E-state index in [9.17, 15) is 4.79 Å². The summed E-state index contributed by atoms with van der Waals surface area (Å²) >= 11 is 0. The highest BCUT2D eigenvalue weighted by Crippen LogP contribution is 2.54. The van der Waals surface area contributed by atoms with Gasteiger partial charge < -0.3 is 28.8 Å². The zero-order valence-corrected chi connectivity index (χ0v) is 23.2. The molecule has 0 unspecified atom stereocenters. The molecule has 9 rings (SSSR count). The van der Waals surface area contributed by atoms with Gasteiger partial charge in [0, 0.05) is 54.4 Å². The Bertz CT molecular complexity index is 2080. The van der Waals surface area contributed by atoms with Gasteiger partial charge in [0.25, 0.3) is 5.91 Å². The van der Waals surface area contributed by atoms with Crippen molar-refractivity contribution >= 4 is 55.2 Å². The zero-order chi connectivity index (χ0) is 27.6. The number of nitrogens with zero attached hydrogens (tertiary/aromatic N) is 3. The van der Waals surface area contributed by atoms with E-state index in [4.69, 9.17) is 9.47 Å². The fourth-order valence-electron chi connectivity index (χ4n) is 8.25. The van der Waals surface area contributed by atoms with Crippen molar-refractivity contribution in [1.82, 2.24) is 14.5 Å². The predicted molar refractivity (Wildman–Crippen MR) is 161 cm³/mol. The van der Waals surface area contributed by atoms with Crippen molar-refractivity contribution in [1.29, 1.82) is 0 Å². The molecule has 3 aliphatic rings. The number of rotatable bonds is 3. The van der Waals surface area contributed by atoms with Crippen molar-refractivity contribution in [3.05, 3.63) is 90.0 Å². The van der Waals surface area contributed by atoms with Crippen molar-refractivity contribution in [3.63, 3.8) is 0 Å². The maximum absolute atomic E-state index is 13.5. The number of hydrogen-bond acceptors (Lipinski definition) is 4. The van der Waals surface area contributed by atoms with Crippen molar-refractivity contribution in [2.75, 3.05) is 19.1 Å². The molecule has 204 valence electrons. The van der Waals surface area contributed by atoms with Crippen LogP contribution in [-0.2, 0) is 21.7 Å². The smallest absolute Gasteiger partial charge is 0.252 e. The van der Waals surface area contributed by atoms with Gasteiger partial charge in [0.05, 0.1) is 33.7 Å². The lowest BCUT2D eigenvalue weighted by molar-refractivity contribution is -0.253. The van der Waals surface area contributed by atoms with Crippen LogP contribution in [0.3, 0.4) is 0 Å². The molecule has 0 aliphatic carbocycles. The quantitative estimate of drug-likeness (QED) is 0.286. The molecule has 4 atom stereocenters. The highest BCUT2D eigenvalue weighted by molar-refractivity contribution is 6.31. The monoisotopic (exact) mass is 542 g/mol. The minimum Gasteiger partial charge on any atom is -0.374 e. The maximum atomic E-state index is 13.5. The lowest BCUT2D eigenvalue weighted by Crippen LogP contribution is -2.60. The Morgan fingerprint density at radius 3 is 2.37 bits per heavy atom. The predicted octanol–water partition coefficient (Wildman–Crippen LogP) is 6.27. The molecule has 1 saturated heterocycles. The van der Waals surface area contributed by atoms with Crippen LogP contribution >= 0.6 is 0 Å². The number of methoxy groups -OCH3 is 1. The summed E-state index contributed by atoms with van der Waals surface area (Å²) in [6.07, 6.45) is 0.178. The van der Waals surface area contributed by atoms with E-state index in [-0.39, 0.29) is 24.3 Å². The third-order valence-electron chi connectivity index (χ3n) is 9.86. The third kappa shape index (κ3) is 2.73. The second-order valence-corrected chi connectivity index (χ2v) is 11.8. The van der Waals surface area contributed by atoms with Crippen LogP contribution in [0.25, 0.3) is 43.6 Å². The fourth-order valence-corrected chi connectivity index (χ4v) is 8.25. The average Bonchev–Trinajstić information content (AvgIpc) is 3.64. The first-order valence-electron chi connectivity index (χ1n) is 14.3. The van der Waals surface area contributed by atoms with Crippen molar-refractivity contribution in [2.24, 2.45) is 0 Å². The topological polar surface area (TPSA) is 60.7 Å². The van der Waals surface area contributed by atoms with E-state index < -0.39 is 5.72 Å². The minimum absolute atomic E-state index is 0.00237. The Morgan fingerprint density at radius 1 is 0.927 bits per heavy atom. The largest absolute Gasteiger partial charge is 0.374 e. The number of hydrogen-bond donors (Lipinski definition) is 1. The van der Waals surface area contributed by atoms with E-state index in [1.165, 1.54) is 0 Å². The van der Waals surface area contributed by atoms with Crippen molar-refractivity contribution in [2.45, 2.75) is 44.0 Å². The summed E-state index contributed by atoms with van der Waals surface area (Å²) in [4.78, 5) is 15.9. The molecular weight excluding hydrogens is 512 g/mol. The summed E-state index contributed by atoms with van der Waals surface area (Å²) in [7, 11) is 3.96. The van der Waals surface area contributed by atoms with Gasteiger partial charge in [-0.1, -0.05) is 54.6 Å². The number of para-hydroxylation sites is 3. The van der Waals surface area contributed by atoms with E-state index in [0.717, 1.165) is 66.8 Å². The number of likely N-dealkylation sites (N-methyl/N-ethyl adjacent to an activating group) is 1. The number of amides is 1. The number of ether oxygens (including phenoxy) is 2. The molecule has 0 spiro atoms. The molecule has 3 aliphatic heterocycles. The number of carbonyl (C=O) groups excluding carboxylic acids is 1. The molecule has 7 nitrogen and oxygen atoms in total. The Labute approximate surface area is 236 Å². The molecule has 2 aromatic heterocycles. The average molecular weight is 543 g/mol. The number of aromatic nitrogens is 2. The summed E-state index contributed by atoms with van der Waals surface area (Å²) in [6, 6.07) is 27.5. The van der Waals surface area contributed by atoms with Gasteiger partial charge in [-0.25, -0.2) is 0 Å². The molecule has 2 bridgehead atoms. The molecule has 7 heteroatoms. The van der Waals surface area contributed by atoms with Crippen LogP contribution in [0.2, 0.25) is 0 Å². The van der Waals surface area contributed by atoms with Crippen molar-refractivity contribution in [3.8, 4) is 0 Å². The fraction of sp³-hybridized carbons (Fsp3) is 0.265. The summed E-state index contributed by atoms with van der Waals surface area (Å²) in [5, 5.41) is 7.52. The number of carbonyl (C=O) groups is 1. The molecule has 1 N–H and O–H groups in total. The summed E-state index contributed by atoms with van der Waals surface area (Å²) in [6.45, 7) is 2.70. The summed E-state index contributed by atoms with van der Waals surface area (Å²) in [5.41, 5.74) is 6.53. The highest BCUT2D eigenvalue weighted by Gasteiger charge is 2.54. The molecule has 5 heterocycles. The first kappa shape index (κ1) is 23.4. The van der Waals surface area contributed by atoms with Crippen LogP contribution in [0.5, 0.6) is 0 Å². The van der Waals surface area contributed by atoms with E-state index in [1.54, 1.807) is 7.11 Å². The van der Waals surface area contributed by atoms with Crippen LogP contribution in [0.1, 0.15) is 35.5 Å². The maximum Gasteiger partial charge on any atom is 0.252 e. The molecule has 1 fully saturated rings. The standard InChI is InChI=1S/C34H30N4O3/c1-34-32(40-3)25(36(2)19-11-5-4-6-12-19)17-26(41-34)37-23-15-9-7-13-20(23)28-29-22(18-35-33(29)39)27-21-14-8-10-16-24(21)38(34)31(27)30(28)37/h4-16,25-26,32H,17-18H2,1-3H3,(H,35,39)/t25-,26-,32-,34+/m1/s1. The van der Waals surface area contributed by atoms with E-state index in [2.05, 4.69) is 106 Å². The van der Waals surface area contributed by atoms with Gasteiger partial charge in [-0.2, -0.15) is 0 Å². The van der Waals surface area contributed by atoms with Gasteiger partial charge in [-0.3, -0.25) is 4.79 Å².